The lowest BCUT2D eigenvalue weighted by atomic mass is 9.87. The van der Waals surface area contributed by atoms with Crippen molar-refractivity contribution in [2.45, 2.75) is 12.5 Å². The molecular formula is C12H11ClFN3. The minimum atomic E-state index is -0.779. The van der Waals surface area contributed by atoms with Crippen molar-refractivity contribution >= 4 is 11.6 Å². The van der Waals surface area contributed by atoms with E-state index in [9.17, 15) is 4.39 Å². The number of nitrogens with zero attached hydrogens (tertiary/aromatic N) is 2. The van der Waals surface area contributed by atoms with Crippen LogP contribution in [-0.4, -0.2) is 9.97 Å². The maximum atomic E-state index is 12.8. The van der Waals surface area contributed by atoms with Crippen molar-refractivity contribution in [3.05, 3.63) is 58.9 Å². The molecule has 2 rings (SSSR count). The fourth-order valence-corrected chi connectivity index (χ4v) is 1.64. The molecule has 0 aliphatic carbocycles. The zero-order chi connectivity index (χ0) is 12.5. The Morgan fingerprint density at radius 2 is 1.65 bits per heavy atom. The smallest absolute Gasteiger partial charge is 0.222 e. The minimum absolute atomic E-state index is 0.170. The third kappa shape index (κ3) is 2.43. The molecule has 1 aromatic heterocycles. The van der Waals surface area contributed by atoms with Crippen molar-refractivity contribution in [1.82, 2.24) is 9.97 Å². The van der Waals surface area contributed by atoms with Crippen LogP contribution in [0.2, 0.25) is 5.28 Å². The van der Waals surface area contributed by atoms with Gasteiger partial charge in [-0.2, -0.15) is 0 Å². The van der Waals surface area contributed by atoms with Gasteiger partial charge in [-0.3, -0.25) is 0 Å². The highest BCUT2D eigenvalue weighted by Crippen LogP contribution is 2.25. The van der Waals surface area contributed by atoms with Gasteiger partial charge in [-0.15, -0.1) is 0 Å². The highest BCUT2D eigenvalue weighted by atomic mass is 35.5. The van der Waals surface area contributed by atoms with E-state index in [0.717, 1.165) is 5.56 Å². The zero-order valence-corrected chi connectivity index (χ0v) is 9.95. The lowest BCUT2D eigenvalue weighted by molar-refractivity contribution is 0.588. The van der Waals surface area contributed by atoms with Crippen molar-refractivity contribution in [3.63, 3.8) is 0 Å². The van der Waals surface area contributed by atoms with Gasteiger partial charge >= 0.3 is 0 Å². The van der Waals surface area contributed by atoms with Crippen LogP contribution >= 0.6 is 11.6 Å². The molecule has 0 bridgehead atoms. The number of benzene rings is 1. The minimum Gasteiger partial charge on any atom is -0.318 e. The second kappa shape index (κ2) is 4.39. The lowest BCUT2D eigenvalue weighted by Gasteiger charge is -2.25. The average Bonchev–Trinajstić information content (AvgIpc) is 2.30. The SMILES string of the molecule is CC(N)(c1ccc(F)cc1)c1cnc(Cl)nc1. The van der Waals surface area contributed by atoms with Crippen LogP contribution in [0.1, 0.15) is 18.1 Å². The molecule has 0 saturated carbocycles. The Morgan fingerprint density at radius 3 is 2.18 bits per heavy atom. The van der Waals surface area contributed by atoms with Gasteiger partial charge < -0.3 is 5.73 Å². The molecule has 1 heterocycles. The molecule has 1 aromatic carbocycles. The molecule has 2 aromatic rings. The monoisotopic (exact) mass is 251 g/mol. The van der Waals surface area contributed by atoms with Gasteiger partial charge in [-0.05, 0) is 36.2 Å². The summed E-state index contributed by atoms with van der Waals surface area (Å²) in [6.45, 7) is 1.81. The summed E-state index contributed by atoms with van der Waals surface area (Å²) in [5, 5.41) is 0.170. The topological polar surface area (TPSA) is 51.8 Å². The van der Waals surface area contributed by atoms with Crippen molar-refractivity contribution in [2.24, 2.45) is 5.73 Å². The summed E-state index contributed by atoms with van der Waals surface area (Å²) in [6.07, 6.45) is 3.14. The third-order valence-corrected chi connectivity index (χ3v) is 2.86. The van der Waals surface area contributed by atoms with Crippen LogP contribution in [0.4, 0.5) is 4.39 Å². The van der Waals surface area contributed by atoms with Crippen LogP contribution in [0.15, 0.2) is 36.7 Å². The summed E-state index contributed by atoms with van der Waals surface area (Å²) in [7, 11) is 0. The summed E-state index contributed by atoms with van der Waals surface area (Å²) in [4.78, 5) is 7.78. The molecule has 0 aliphatic heterocycles. The standard InChI is InChI=1S/C12H11ClFN3/c1-12(15,8-2-4-10(14)5-3-8)9-6-16-11(13)17-7-9/h2-7H,15H2,1H3. The van der Waals surface area contributed by atoms with E-state index in [4.69, 9.17) is 17.3 Å². The molecule has 0 radical (unpaired) electrons. The summed E-state index contributed by atoms with van der Waals surface area (Å²) >= 11 is 5.62. The van der Waals surface area contributed by atoms with Crippen LogP contribution in [0, 0.1) is 5.82 Å². The first-order valence-corrected chi connectivity index (χ1v) is 5.41. The Balaban J connectivity index is 2.41. The van der Waals surface area contributed by atoms with Gasteiger partial charge in [0, 0.05) is 18.0 Å². The number of nitrogens with two attached hydrogens (primary N) is 1. The fraction of sp³-hybridized carbons (Fsp3) is 0.167. The first-order chi connectivity index (χ1) is 8.00. The van der Waals surface area contributed by atoms with Crippen LogP contribution in [0.5, 0.6) is 0 Å². The predicted molar refractivity (Wildman–Crippen MR) is 64.1 cm³/mol. The largest absolute Gasteiger partial charge is 0.318 e. The summed E-state index contributed by atoms with van der Waals surface area (Å²) in [5.74, 6) is -0.295. The van der Waals surface area contributed by atoms with E-state index in [1.807, 2.05) is 6.92 Å². The Bertz CT molecular complexity index is 461. The molecule has 1 unspecified atom stereocenters. The van der Waals surface area contributed by atoms with Gasteiger partial charge in [-0.25, -0.2) is 14.4 Å². The Morgan fingerprint density at radius 1 is 1.12 bits per heavy atom. The average molecular weight is 252 g/mol. The van der Waals surface area contributed by atoms with Gasteiger partial charge in [0.25, 0.3) is 0 Å². The van der Waals surface area contributed by atoms with E-state index < -0.39 is 5.54 Å². The molecular weight excluding hydrogens is 241 g/mol. The number of aromatic nitrogens is 2. The molecule has 0 fully saturated rings. The molecule has 2 N–H and O–H groups in total. The molecule has 0 amide bonds. The zero-order valence-electron chi connectivity index (χ0n) is 9.19. The Hall–Kier alpha value is -1.52. The maximum Gasteiger partial charge on any atom is 0.222 e. The van der Waals surface area contributed by atoms with E-state index in [2.05, 4.69) is 9.97 Å². The molecule has 1 atom stereocenters. The summed E-state index contributed by atoms with van der Waals surface area (Å²) < 4.78 is 12.8. The third-order valence-electron chi connectivity index (χ3n) is 2.66. The van der Waals surface area contributed by atoms with Gasteiger partial charge in [0.1, 0.15) is 5.82 Å². The van der Waals surface area contributed by atoms with Crippen molar-refractivity contribution in [2.75, 3.05) is 0 Å². The number of hydrogen-bond acceptors (Lipinski definition) is 3. The molecule has 0 saturated heterocycles. The van der Waals surface area contributed by atoms with E-state index in [-0.39, 0.29) is 11.1 Å². The van der Waals surface area contributed by atoms with Gasteiger partial charge in [-0.1, -0.05) is 12.1 Å². The number of hydrogen-bond donors (Lipinski definition) is 1. The molecule has 3 nitrogen and oxygen atoms in total. The van der Waals surface area contributed by atoms with Crippen molar-refractivity contribution in [3.8, 4) is 0 Å². The number of rotatable bonds is 2. The maximum absolute atomic E-state index is 12.8. The first kappa shape index (κ1) is 12.0. The van der Waals surface area contributed by atoms with E-state index >= 15 is 0 Å². The summed E-state index contributed by atoms with van der Waals surface area (Å²) in [5.41, 5.74) is 6.93. The lowest BCUT2D eigenvalue weighted by Crippen LogP contribution is -2.34. The normalized spacial score (nSPS) is 14.4. The predicted octanol–water partition coefficient (Wildman–Crippen LogP) is 2.49. The highest BCUT2D eigenvalue weighted by Gasteiger charge is 2.24. The van der Waals surface area contributed by atoms with Crippen LogP contribution in [-0.2, 0) is 5.54 Å². The quantitative estimate of drug-likeness (QED) is 0.835. The molecule has 0 aliphatic rings. The number of halogens is 2. The molecule has 88 valence electrons. The highest BCUT2D eigenvalue weighted by molar-refractivity contribution is 6.28. The fourth-order valence-electron chi connectivity index (χ4n) is 1.54. The van der Waals surface area contributed by atoms with Crippen LogP contribution in [0.3, 0.4) is 0 Å². The van der Waals surface area contributed by atoms with Crippen LogP contribution in [0.25, 0.3) is 0 Å². The van der Waals surface area contributed by atoms with Gasteiger partial charge in [0.05, 0.1) is 5.54 Å². The first-order valence-electron chi connectivity index (χ1n) is 5.03. The molecule has 5 heteroatoms. The van der Waals surface area contributed by atoms with Crippen LogP contribution < -0.4 is 5.73 Å². The molecule has 0 spiro atoms. The Labute approximate surface area is 103 Å². The second-order valence-corrected chi connectivity index (χ2v) is 4.29. The Kier molecular flexibility index (Phi) is 3.09. The van der Waals surface area contributed by atoms with Crippen molar-refractivity contribution in [1.29, 1.82) is 0 Å². The van der Waals surface area contributed by atoms with Gasteiger partial charge in [0.15, 0.2) is 0 Å². The van der Waals surface area contributed by atoms with Crippen molar-refractivity contribution < 1.29 is 4.39 Å². The van der Waals surface area contributed by atoms with E-state index in [0.29, 0.717) is 5.56 Å². The van der Waals surface area contributed by atoms with Gasteiger partial charge in [0.2, 0.25) is 5.28 Å². The van der Waals surface area contributed by atoms with E-state index in [1.54, 1.807) is 24.5 Å². The second-order valence-electron chi connectivity index (χ2n) is 3.95. The van der Waals surface area contributed by atoms with E-state index in [1.165, 1.54) is 12.1 Å². The summed E-state index contributed by atoms with van der Waals surface area (Å²) in [6, 6.07) is 6.03. The molecule has 17 heavy (non-hydrogen) atoms.